The molecular formula is C28H42O3. The van der Waals surface area contributed by atoms with Gasteiger partial charge in [0.2, 0.25) is 0 Å². The Morgan fingerprint density at radius 2 is 1.81 bits per heavy atom. The van der Waals surface area contributed by atoms with Crippen LogP contribution in [0, 0.1) is 40.4 Å². The van der Waals surface area contributed by atoms with E-state index in [1.165, 1.54) is 18.4 Å². The van der Waals surface area contributed by atoms with Gasteiger partial charge in [0.25, 0.3) is 0 Å². The first kappa shape index (κ1) is 21.9. The number of aliphatic hydroxyl groups excluding tert-OH is 1. The molecule has 2 bridgehead atoms. The highest BCUT2D eigenvalue weighted by Gasteiger charge is 2.71. The molecular weight excluding hydrogens is 384 g/mol. The summed E-state index contributed by atoms with van der Waals surface area (Å²) in [4.78, 5) is 12.6. The predicted octanol–water partition coefficient (Wildman–Crippen LogP) is 6.39. The molecule has 9 atom stereocenters. The maximum absolute atomic E-state index is 10.4. The van der Waals surface area contributed by atoms with Gasteiger partial charge in [-0.3, -0.25) is 0 Å². The van der Waals surface area contributed by atoms with Gasteiger partial charge in [0, 0.05) is 17.8 Å². The average Bonchev–Trinajstić information content (AvgIpc) is 3.09. The lowest BCUT2D eigenvalue weighted by Crippen LogP contribution is -2.69. The van der Waals surface area contributed by atoms with Crippen molar-refractivity contribution >= 4 is 0 Å². The van der Waals surface area contributed by atoms with Crippen LogP contribution in [0.3, 0.4) is 0 Å². The summed E-state index contributed by atoms with van der Waals surface area (Å²) >= 11 is 0. The van der Waals surface area contributed by atoms with Crippen molar-refractivity contribution in [2.75, 3.05) is 0 Å². The Hall–Kier alpha value is -0.900. The Morgan fingerprint density at radius 3 is 2.48 bits per heavy atom. The van der Waals surface area contributed by atoms with Gasteiger partial charge < -0.3 is 5.11 Å². The van der Waals surface area contributed by atoms with Gasteiger partial charge in [0.1, 0.15) is 11.2 Å². The minimum Gasteiger partial charge on any atom is -0.393 e. The summed E-state index contributed by atoms with van der Waals surface area (Å²) in [7, 11) is 0. The van der Waals surface area contributed by atoms with Crippen molar-refractivity contribution in [3.63, 3.8) is 0 Å². The van der Waals surface area contributed by atoms with Gasteiger partial charge in [-0.25, -0.2) is 9.78 Å². The second-order valence-corrected chi connectivity index (χ2v) is 12.3. The molecule has 0 aromatic heterocycles. The molecule has 0 aromatic carbocycles. The van der Waals surface area contributed by atoms with Gasteiger partial charge in [-0.15, -0.1) is 0 Å². The standard InChI is InChI=1S/C28H42O3/c1-18(2)19(3)7-8-20(4)22-9-10-23-25(22,5)13-12-24-26(6)14-11-21(29)17-27(26)15-16-28(23,24)31-30-27/h7-8,12,15-16,18-23,29H,9-11,13-14,17H2,1-6H3/b8-7+/t19-,20+,21-,22+,23+,25+,26+,27+,28+/m0/s1. The van der Waals surface area contributed by atoms with Crippen LogP contribution in [-0.2, 0) is 9.78 Å². The lowest BCUT2D eigenvalue weighted by molar-refractivity contribution is -0.455. The smallest absolute Gasteiger partial charge is 0.147 e. The molecule has 0 amide bonds. The van der Waals surface area contributed by atoms with Crippen LogP contribution in [0.1, 0.15) is 80.1 Å². The van der Waals surface area contributed by atoms with Crippen molar-refractivity contribution in [3.05, 3.63) is 36.0 Å². The van der Waals surface area contributed by atoms with Gasteiger partial charge in [-0.05, 0) is 78.9 Å². The Morgan fingerprint density at radius 1 is 1.03 bits per heavy atom. The second-order valence-electron chi connectivity index (χ2n) is 12.3. The molecule has 6 rings (SSSR count). The van der Waals surface area contributed by atoms with E-state index in [0.29, 0.717) is 36.0 Å². The molecule has 6 aliphatic rings. The second kappa shape index (κ2) is 7.05. The quantitative estimate of drug-likeness (QED) is 0.418. The van der Waals surface area contributed by atoms with E-state index < -0.39 is 11.2 Å². The Balaban J connectivity index is 1.48. The van der Waals surface area contributed by atoms with Crippen LogP contribution in [0.25, 0.3) is 0 Å². The highest BCUT2D eigenvalue weighted by Crippen LogP contribution is 2.71. The van der Waals surface area contributed by atoms with Gasteiger partial charge >= 0.3 is 0 Å². The van der Waals surface area contributed by atoms with Gasteiger partial charge in [0.15, 0.2) is 0 Å². The average molecular weight is 427 g/mol. The van der Waals surface area contributed by atoms with Gasteiger partial charge in [0.05, 0.1) is 6.10 Å². The van der Waals surface area contributed by atoms with Crippen LogP contribution >= 0.6 is 0 Å². The maximum Gasteiger partial charge on any atom is 0.147 e. The van der Waals surface area contributed by atoms with Crippen LogP contribution in [0.5, 0.6) is 0 Å². The number of hydrogen-bond donors (Lipinski definition) is 1. The summed E-state index contributed by atoms with van der Waals surface area (Å²) in [6.07, 6.45) is 17.8. The summed E-state index contributed by atoms with van der Waals surface area (Å²) in [5, 5.41) is 10.4. The number of hydrogen-bond acceptors (Lipinski definition) is 3. The lowest BCUT2D eigenvalue weighted by atomic mass is 9.47. The molecule has 172 valence electrons. The molecule has 31 heavy (non-hydrogen) atoms. The van der Waals surface area contributed by atoms with Crippen LogP contribution in [0.4, 0.5) is 0 Å². The summed E-state index contributed by atoms with van der Waals surface area (Å²) in [5.41, 5.74) is 0.656. The zero-order valence-corrected chi connectivity index (χ0v) is 20.4. The van der Waals surface area contributed by atoms with Crippen molar-refractivity contribution in [1.82, 2.24) is 0 Å². The van der Waals surface area contributed by atoms with Crippen molar-refractivity contribution in [2.45, 2.75) is 97.4 Å². The highest BCUT2D eigenvalue weighted by atomic mass is 17.2. The van der Waals surface area contributed by atoms with Crippen LogP contribution in [-0.4, -0.2) is 22.4 Å². The molecule has 2 heterocycles. The SMILES string of the molecule is CC(C)[C@@H](C)/C=C/[C@@H](C)[C@H]1CC[C@@H]2[C@]1(C)CC=C1[C@@]23C=C[C@]2(C[C@@H](O)CC[C@]12C)OO3. The Kier molecular flexibility index (Phi) is 4.98. The molecule has 4 aliphatic carbocycles. The highest BCUT2D eigenvalue weighted by molar-refractivity contribution is 5.48. The fourth-order valence-electron chi connectivity index (χ4n) is 8.01. The lowest BCUT2D eigenvalue weighted by Gasteiger charge is -2.66. The number of fused-ring (bicyclic) bond motifs is 2. The molecule has 0 aromatic rings. The summed E-state index contributed by atoms with van der Waals surface area (Å²) in [6, 6.07) is 0. The monoisotopic (exact) mass is 426 g/mol. The third kappa shape index (κ3) is 2.82. The van der Waals surface area contributed by atoms with Gasteiger partial charge in [-0.1, -0.05) is 59.8 Å². The molecule has 3 fully saturated rings. The molecule has 1 N–H and O–H groups in total. The van der Waals surface area contributed by atoms with E-state index in [1.807, 2.05) is 0 Å². The Bertz CT molecular complexity index is 826. The minimum absolute atomic E-state index is 0.0726. The summed E-state index contributed by atoms with van der Waals surface area (Å²) in [6.45, 7) is 14.2. The number of allylic oxidation sites excluding steroid dienone is 3. The molecule has 2 saturated carbocycles. The van der Waals surface area contributed by atoms with Crippen molar-refractivity contribution in [1.29, 1.82) is 0 Å². The fourth-order valence-corrected chi connectivity index (χ4v) is 8.01. The normalized spacial score (nSPS) is 50.2. The van der Waals surface area contributed by atoms with Crippen LogP contribution in [0.2, 0.25) is 0 Å². The van der Waals surface area contributed by atoms with Crippen LogP contribution < -0.4 is 0 Å². The third-order valence-electron chi connectivity index (χ3n) is 10.5. The molecule has 0 unspecified atom stereocenters. The number of aliphatic hydroxyl groups is 1. The van der Waals surface area contributed by atoms with E-state index >= 15 is 0 Å². The van der Waals surface area contributed by atoms with Crippen molar-refractivity contribution < 1.29 is 14.9 Å². The predicted molar refractivity (Wildman–Crippen MR) is 124 cm³/mol. The topological polar surface area (TPSA) is 38.7 Å². The van der Waals surface area contributed by atoms with Crippen molar-refractivity contribution in [2.24, 2.45) is 40.4 Å². The van der Waals surface area contributed by atoms with E-state index in [0.717, 1.165) is 19.3 Å². The first-order valence-electron chi connectivity index (χ1n) is 12.7. The van der Waals surface area contributed by atoms with E-state index in [-0.39, 0.29) is 16.9 Å². The first-order valence-corrected chi connectivity index (χ1v) is 12.7. The van der Waals surface area contributed by atoms with E-state index in [4.69, 9.17) is 9.78 Å². The van der Waals surface area contributed by atoms with E-state index in [1.54, 1.807) is 0 Å². The van der Waals surface area contributed by atoms with Crippen LogP contribution in [0.15, 0.2) is 36.0 Å². The summed E-state index contributed by atoms with van der Waals surface area (Å²) < 4.78 is 0. The Labute approximate surface area is 188 Å². The molecule has 2 aliphatic heterocycles. The molecule has 3 heteroatoms. The minimum atomic E-state index is -0.507. The van der Waals surface area contributed by atoms with Crippen molar-refractivity contribution in [3.8, 4) is 0 Å². The fraction of sp³-hybridized carbons (Fsp3) is 0.786. The third-order valence-corrected chi connectivity index (χ3v) is 10.5. The van der Waals surface area contributed by atoms with E-state index in [2.05, 4.69) is 71.9 Å². The molecule has 2 spiro atoms. The van der Waals surface area contributed by atoms with Gasteiger partial charge in [-0.2, -0.15) is 0 Å². The molecule has 1 saturated heterocycles. The zero-order chi connectivity index (χ0) is 22.2. The molecule has 0 radical (unpaired) electrons. The number of rotatable bonds is 4. The molecule has 3 nitrogen and oxygen atoms in total. The maximum atomic E-state index is 10.4. The summed E-state index contributed by atoms with van der Waals surface area (Å²) in [5.74, 6) is 2.98. The first-order chi connectivity index (χ1) is 14.6. The van der Waals surface area contributed by atoms with E-state index in [9.17, 15) is 5.11 Å². The zero-order valence-electron chi connectivity index (χ0n) is 20.4. The largest absolute Gasteiger partial charge is 0.393 e.